The molecule has 0 spiro atoms. The summed E-state index contributed by atoms with van der Waals surface area (Å²) in [5.74, 6) is 0. The SMILES string of the molecule is C=C(C)CNCc1c(C)n[nH]c1C. The number of H-pyrrole nitrogens is 1. The van der Waals surface area contributed by atoms with E-state index in [2.05, 4.69) is 22.1 Å². The van der Waals surface area contributed by atoms with Crippen LogP contribution in [0.2, 0.25) is 0 Å². The fourth-order valence-electron chi connectivity index (χ4n) is 1.24. The average Bonchev–Trinajstić information content (AvgIpc) is 2.34. The quantitative estimate of drug-likeness (QED) is 0.691. The van der Waals surface area contributed by atoms with Gasteiger partial charge in [-0.1, -0.05) is 12.2 Å². The maximum absolute atomic E-state index is 4.13. The topological polar surface area (TPSA) is 40.7 Å². The molecule has 0 atom stereocenters. The summed E-state index contributed by atoms with van der Waals surface area (Å²) in [7, 11) is 0. The Morgan fingerprint density at radius 2 is 2.23 bits per heavy atom. The summed E-state index contributed by atoms with van der Waals surface area (Å²) >= 11 is 0. The first kappa shape index (κ1) is 9.99. The molecule has 0 bridgehead atoms. The first-order valence-electron chi connectivity index (χ1n) is 4.46. The Morgan fingerprint density at radius 1 is 1.54 bits per heavy atom. The van der Waals surface area contributed by atoms with Crippen LogP contribution in [0.3, 0.4) is 0 Å². The second kappa shape index (κ2) is 4.23. The zero-order chi connectivity index (χ0) is 9.84. The van der Waals surface area contributed by atoms with Crippen molar-refractivity contribution in [2.75, 3.05) is 6.54 Å². The molecule has 0 unspecified atom stereocenters. The van der Waals surface area contributed by atoms with Gasteiger partial charge in [0.2, 0.25) is 0 Å². The van der Waals surface area contributed by atoms with Crippen molar-refractivity contribution in [3.8, 4) is 0 Å². The third-order valence-electron chi connectivity index (χ3n) is 2.01. The van der Waals surface area contributed by atoms with Crippen molar-refractivity contribution in [3.05, 3.63) is 29.1 Å². The second-order valence-corrected chi connectivity index (χ2v) is 3.47. The number of rotatable bonds is 4. The lowest BCUT2D eigenvalue weighted by atomic mass is 10.2. The molecule has 13 heavy (non-hydrogen) atoms. The molecule has 0 saturated heterocycles. The van der Waals surface area contributed by atoms with Crippen molar-refractivity contribution in [2.45, 2.75) is 27.3 Å². The van der Waals surface area contributed by atoms with Gasteiger partial charge in [-0.25, -0.2) is 0 Å². The van der Waals surface area contributed by atoms with Crippen molar-refractivity contribution >= 4 is 0 Å². The van der Waals surface area contributed by atoms with Gasteiger partial charge in [-0.15, -0.1) is 0 Å². The van der Waals surface area contributed by atoms with E-state index < -0.39 is 0 Å². The average molecular weight is 179 g/mol. The van der Waals surface area contributed by atoms with E-state index in [-0.39, 0.29) is 0 Å². The molecule has 1 aromatic heterocycles. The maximum atomic E-state index is 4.13. The maximum Gasteiger partial charge on any atom is 0.0638 e. The minimum absolute atomic E-state index is 0.862. The van der Waals surface area contributed by atoms with Gasteiger partial charge in [-0.3, -0.25) is 5.10 Å². The number of nitrogens with one attached hydrogen (secondary N) is 2. The summed E-state index contributed by atoms with van der Waals surface area (Å²) in [6, 6.07) is 0. The zero-order valence-electron chi connectivity index (χ0n) is 8.57. The molecule has 0 aromatic carbocycles. The summed E-state index contributed by atoms with van der Waals surface area (Å²) in [6.07, 6.45) is 0. The van der Waals surface area contributed by atoms with E-state index in [4.69, 9.17) is 0 Å². The van der Waals surface area contributed by atoms with Gasteiger partial charge in [0.05, 0.1) is 5.69 Å². The minimum atomic E-state index is 0.862. The van der Waals surface area contributed by atoms with E-state index in [9.17, 15) is 0 Å². The van der Waals surface area contributed by atoms with Crippen LogP contribution in [0, 0.1) is 13.8 Å². The molecule has 0 saturated carbocycles. The lowest BCUT2D eigenvalue weighted by Crippen LogP contribution is -2.16. The van der Waals surface area contributed by atoms with E-state index in [1.807, 2.05) is 20.8 Å². The number of aromatic amines is 1. The van der Waals surface area contributed by atoms with Crippen LogP contribution in [0.5, 0.6) is 0 Å². The molecule has 0 aliphatic rings. The largest absolute Gasteiger partial charge is 0.309 e. The molecule has 0 radical (unpaired) electrons. The number of hydrogen-bond donors (Lipinski definition) is 2. The molecule has 0 fully saturated rings. The van der Waals surface area contributed by atoms with Crippen LogP contribution in [0.15, 0.2) is 12.2 Å². The van der Waals surface area contributed by atoms with Crippen LogP contribution in [0.1, 0.15) is 23.9 Å². The third-order valence-corrected chi connectivity index (χ3v) is 2.01. The molecule has 0 amide bonds. The van der Waals surface area contributed by atoms with Crippen LogP contribution in [0.4, 0.5) is 0 Å². The highest BCUT2D eigenvalue weighted by molar-refractivity contribution is 5.22. The third kappa shape index (κ3) is 2.70. The molecule has 3 heteroatoms. The molecular weight excluding hydrogens is 162 g/mol. The molecule has 2 N–H and O–H groups in total. The van der Waals surface area contributed by atoms with Crippen molar-refractivity contribution < 1.29 is 0 Å². The molecule has 1 aromatic rings. The predicted octanol–water partition coefficient (Wildman–Crippen LogP) is 1.69. The predicted molar refractivity (Wildman–Crippen MR) is 54.6 cm³/mol. The lowest BCUT2D eigenvalue weighted by molar-refractivity contribution is 0.734. The molecule has 3 nitrogen and oxygen atoms in total. The highest BCUT2D eigenvalue weighted by Crippen LogP contribution is 2.08. The summed E-state index contributed by atoms with van der Waals surface area (Å²) in [5, 5.41) is 10.4. The van der Waals surface area contributed by atoms with Crippen LogP contribution in [-0.2, 0) is 6.54 Å². The van der Waals surface area contributed by atoms with Gasteiger partial charge in [-0.2, -0.15) is 5.10 Å². The van der Waals surface area contributed by atoms with Crippen molar-refractivity contribution in [2.24, 2.45) is 0 Å². The van der Waals surface area contributed by atoms with Crippen LogP contribution in [-0.4, -0.2) is 16.7 Å². The molecule has 1 rings (SSSR count). The van der Waals surface area contributed by atoms with Gasteiger partial charge in [0.1, 0.15) is 0 Å². The highest BCUT2D eigenvalue weighted by atomic mass is 15.1. The number of hydrogen-bond acceptors (Lipinski definition) is 2. The van der Waals surface area contributed by atoms with E-state index in [1.165, 1.54) is 5.56 Å². The van der Waals surface area contributed by atoms with E-state index in [1.54, 1.807) is 0 Å². The Bertz CT molecular complexity index is 280. The van der Waals surface area contributed by atoms with Gasteiger partial charge in [-0.05, 0) is 20.8 Å². The normalized spacial score (nSPS) is 10.4. The molecule has 0 aliphatic heterocycles. The van der Waals surface area contributed by atoms with Crippen LogP contribution < -0.4 is 5.32 Å². The van der Waals surface area contributed by atoms with Crippen LogP contribution in [0.25, 0.3) is 0 Å². The Morgan fingerprint density at radius 3 is 2.69 bits per heavy atom. The zero-order valence-corrected chi connectivity index (χ0v) is 8.57. The van der Waals surface area contributed by atoms with E-state index in [0.717, 1.165) is 30.1 Å². The lowest BCUT2D eigenvalue weighted by Gasteiger charge is -2.03. The minimum Gasteiger partial charge on any atom is -0.309 e. The van der Waals surface area contributed by atoms with Gasteiger partial charge in [0.25, 0.3) is 0 Å². The Labute approximate surface area is 79.2 Å². The number of aromatic nitrogens is 2. The number of nitrogens with zero attached hydrogens (tertiary/aromatic N) is 1. The van der Waals surface area contributed by atoms with Crippen molar-refractivity contribution in [1.82, 2.24) is 15.5 Å². The standard InChI is InChI=1S/C10H17N3/c1-7(2)5-11-6-10-8(3)12-13-9(10)4/h11H,1,5-6H2,2-4H3,(H,12,13). The molecule has 72 valence electrons. The van der Waals surface area contributed by atoms with Gasteiger partial charge >= 0.3 is 0 Å². The fourth-order valence-corrected chi connectivity index (χ4v) is 1.24. The van der Waals surface area contributed by atoms with E-state index >= 15 is 0 Å². The number of aryl methyl sites for hydroxylation is 2. The summed E-state index contributed by atoms with van der Waals surface area (Å²) in [6.45, 7) is 11.6. The van der Waals surface area contributed by atoms with E-state index in [0.29, 0.717) is 0 Å². The van der Waals surface area contributed by atoms with Crippen molar-refractivity contribution in [1.29, 1.82) is 0 Å². The fraction of sp³-hybridized carbons (Fsp3) is 0.500. The van der Waals surface area contributed by atoms with Crippen LogP contribution >= 0.6 is 0 Å². The second-order valence-electron chi connectivity index (χ2n) is 3.47. The van der Waals surface area contributed by atoms with Gasteiger partial charge in [0.15, 0.2) is 0 Å². The smallest absolute Gasteiger partial charge is 0.0638 e. The summed E-state index contributed by atoms with van der Waals surface area (Å²) < 4.78 is 0. The first-order chi connectivity index (χ1) is 6.11. The monoisotopic (exact) mass is 179 g/mol. The van der Waals surface area contributed by atoms with Gasteiger partial charge in [0, 0.05) is 24.3 Å². The molecule has 0 aliphatic carbocycles. The molecular formula is C10H17N3. The van der Waals surface area contributed by atoms with Gasteiger partial charge < -0.3 is 5.32 Å². The Kier molecular flexibility index (Phi) is 3.25. The Balaban J connectivity index is 2.49. The highest BCUT2D eigenvalue weighted by Gasteiger charge is 2.04. The first-order valence-corrected chi connectivity index (χ1v) is 4.46. The summed E-state index contributed by atoms with van der Waals surface area (Å²) in [4.78, 5) is 0. The molecule has 1 heterocycles. The van der Waals surface area contributed by atoms with Crippen molar-refractivity contribution in [3.63, 3.8) is 0 Å². The Hall–Kier alpha value is -1.09. The summed E-state index contributed by atoms with van der Waals surface area (Å²) in [5.41, 5.74) is 4.64.